The number of carbonyl (C=O) groups is 1. The lowest BCUT2D eigenvalue weighted by Crippen LogP contribution is -2.42. The molecule has 32 heavy (non-hydrogen) atoms. The van der Waals surface area contributed by atoms with Crippen LogP contribution in [0, 0.1) is 5.82 Å². The van der Waals surface area contributed by atoms with Crippen LogP contribution in [-0.4, -0.2) is 24.0 Å². The van der Waals surface area contributed by atoms with Gasteiger partial charge < -0.3 is 9.64 Å². The SMILES string of the molecule is COc1ccc(-c2cc(C(=O)N3c4ccc(F)cc4CCC3C)c3ccccc3n2)cc1. The Hall–Kier alpha value is -3.73. The van der Waals surface area contributed by atoms with Gasteiger partial charge in [-0.3, -0.25) is 4.79 Å². The molecular weight excluding hydrogens is 403 g/mol. The van der Waals surface area contributed by atoms with Gasteiger partial charge in [-0.25, -0.2) is 9.37 Å². The van der Waals surface area contributed by atoms with Crippen molar-refractivity contribution in [2.75, 3.05) is 12.0 Å². The second kappa shape index (κ2) is 8.08. The number of aromatic nitrogens is 1. The van der Waals surface area contributed by atoms with E-state index in [1.54, 1.807) is 18.1 Å². The van der Waals surface area contributed by atoms with Crippen LogP contribution >= 0.6 is 0 Å². The fourth-order valence-electron chi connectivity index (χ4n) is 4.42. The molecule has 0 saturated heterocycles. The van der Waals surface area contributed by atoms with Gasteiger partial charge in [0.25, 0.3) is 5.91 Å². The average molecular weight is 426 g/mol. The zero-order valence-electron chi connectivity index (χ0n) is 18.0. The summed E-state index contributed by atoms with van der Waals surface area (Å²) in [5.41, 5.74) is 4.62. The molecule has 5 rings (SSSR count). The molecule has 0 aliphatic carbocycles. The van der Waals surface area contributed by atoms with E-state index in [9.17, 15) is 9.18 Å². The van der Waals surface area contributed by atoms with Crippen molar-refractivity contribution in [3.05, 3.63) is 89.7 Å². The summed E-state index contributed by atoms with van der Waals surface area (Å²) in [5.74, 6) is 0.386. The highest BCUT2D eigenvalue weighted by Crippen LogP contribution is 2.34. The lowest BCUT2D eigenvalue weighted by molar-refractivity contribution is 0.0976. The second-order valence-electron chi connectivity index (χ2n) is 8.14. The van der Waals surface area contributed by atoms with Crippen LogP contribution in [0.5, 0.6) is 5.75 Å². The van der Waals surface area contributed by atoms with Crippen LogP contribution in [0.1, 0.15) is 29.3 Å². The Bertz CT molecular complexity index is 1320. The maximum Gasteiger partial charge on any atom is 0.259 e. The number of hydrogen-bond donors (Lipinski definition) is 0. The first-order valence-electron chi connectivity index (χ1n) is 10.7. The Morgan fingerprint density at radius 1 is 1.06 bits per heavy atom. The van der Waals surface area contributed by atoms with Crippen LogP contribution in [0.3, 0.4) is 0 Å². The van der Waals surface area contributed by atoms with Gasteiger partial charge in [-0.2, -0.15) is 0 Å². The van der Waals surface area contributed by atoms with Crippen molar-refractivity contribution in [1.29, 1.82) is 0 Å². The maximum atomic E-state index is 13.9. The van der Waals surface area contributed by atoms with Crippen molar-refractivity contribution in [3.63, 3.8) is 0 Å². The van der Waals surface area contributed by atoms with Crippen molar-refractivity contribution in [2.45, 2.75) is 25.8 Å². The number of fused-ring (bicyclic) bond motifs is 2. The molecule has 0 radical (unpaired) electrons. The third-order valence-electron chi connectivity index (χ3n) is 6.12. The molecule has 1 atom stereocenters. The van der Waals surface area contributed by atoms with Crippen LogP contribution in [0.15, 0.2) is 72.8 Å². The molecule has 4 aromatic rings. The molecule has 0 fully saturated rings. The van der Waals surface area contributed by atoms with E-state index < -0.39 is 0 Å². The zero-order valence-corrected chi connectivity index (χ0v) is 18.0. The molecule has 5 heteroatoms. The van der Waals surface area contributed by atoms with Gasteiger partial charge >= 0.3 is 0 Å². The number of aryl methyl sites for hydroxylation is 1. The molecule has 0 saturated carbocycles. The first kappa shape index (κ1) is 20.2. The maximum absolute atomic E-state index is 13.9. The summed E-state index contributed by atoms with van der Waals surface area (Å²) in [6.07, 6.45) is 1.54. The van der Waals surface area contributed by atoms with Crippen molar-refractivity contribution in [1.82, 2.24) is 4.98 Å². The first-order valence-corrected chi connectivity index (χ1v) is 10.7. The predicted molar refractivity (Wildman–Crippen MR) is 125 cm³/mol. The van der Waals surface area contributed by atoms with Gasteiger partial charge in [0.2, 0.25) is 0 Å². The van der Waals surface area contributed by atoms with Crippen LogP contribution in [-0.2, 0) is 6.42 Å². The van der Waals surface area contributed by atoms with Crippen molar-refractivity contribution < 1.29 is 13.9 Å². The average Bonchev–Trinajstić information content (AvgIpc) is 2.83. The van der Waals surface area contributed by atoms with Gasteiger partial charge in [0.15, 0.2) is 0 Å². The van der Waals surface area contributed by atoms with E-state index in [4.69, 9.17) is 9.72 Å². The van der Waals surface area contributed by atoms with Crippen LogP contribution < -0.4 is 9.64 Å². The van der Waals surface area contributed by atoms with E-state index in [2.05, 4.69) is 0 Å². The largest absolute Gasteiger partial charge is 0.497 e. The number of benzene rings is 3. The topological polar surface area (TPSA) is 42.4 Å². The van der Waals surface area contributed by atoms with E-state index >= 15 is 0 Å². The number of halogens is 1. The Morgan fingerprint density at radius 3 is 2.62 bits per heavy atom. The number of amides is 1. The fourth-order valence-corrected chi connectivity index (χ4v) is 4.42. The molecule has 160 valence electrons. The van der Waals surface area contributed by atoms with Gasteiger partial charge in [-0.1, -0.05) is 18.2 Å². The summed E-state index contributed by atoms with van der Waals surface area (Å²) < 4.78 is 19.1. The summed E-state index contributed by atoms with van der Waals surface area (Å²) in [7, 11) is 1.63. The molecule has 2 heterocycles. The highest BCUT2D eigenvalue weighted by atomic mass is 19.1. The number of carbonyl (C=O) groups excluding carboxylic acids is 1. The standard InChI is InChI=1S/C27H23FN2O2/c1-17-7-8-19-15-20(28)11-14-26(19)30(17)27(31)23-16-25(18-9-12-21(32-2)13-10-18)29-24-6-4-3-5-22(23)24/h3-6,9-17H,7-8H2,1-2H3. The van der Waals surface area contributed by atoms with Gasteiger partial charge in [-0.15, -0.1) is 0 Å². The summed E-state index contributed by atoms with van der Waals surface area (Å²) >= 11 is 0. The minimum absolute atomic E-state index is 0.0109. The Balaban J connectivity index is 1.66. The summed E-state index contributed by atoms with van der Waals surface area (Å²) in [5, 5.41) is 0.802. The van der Waals surface area contributed by atoms with Crippen molar-refractivity contribution in [3.8, 4) is 17.0 Å². The van der Waals surface area contributed by atoms with Crippen molar-refractivity contribution in [2.24, 2.45) is 0 Å². The highest BCUT2D eigenvalue weighted by molar-refractivity contribution is 6.15. The second-order valence-corrected chi connectivity index (χ2v) is 8.14. The molecule has 1 amide bonds. The number of hydrogen-bond acceptors (Lipinski definition) is 3. The number of anilines is 1. The number of para-hydroxylation sites is 1. The number of pyridine rings is 1. The van der Waals surface area contributed by atoms with Crippen LogP contribution in [0.2, 0.25) is 0 Å². The first-order chi connectivity index (χ1) is 15.5. The monoisotopic (exact) mass is 426 g/mol. The summed E-state index contributed by atoms with van der Waals surface area (Å²) in [6, 6.07) is 21.9. The van der Waals surface area contributed by atoms with E-state index in [1.807, 2.05) is 61.5 Å². The molecule has 1 aliphatic heterocycles. The number of nitrogens with zero attached hydrogens (tertiary/aromatic N) is 2. The Labute approximate surface area is 186 Å². The quantitative estimate of drug-likeness (QED) is 0.402. The molecule has 1 aliphatic rings. The van der Waals surface area contributed by atoms with Gasteiger partial charge in [0.05, 0.1) is 23.9 Å². The summed E-state index contributed by atoms with van der Waals surface area (Å²) in [4.78, 5) is 20.5. The fraction of sp³-hybridized carbons (Fsp3) is 0.185. The Morgan fingerprint density at radius 2 is 1.84 bits per heavy atom. The minimum Gasteiger partial charge on any atom is -0.497 e. The predicted octanol–water partition coefficient (Wildman–Crippen LogP) is 6.03. The molecule has 0 bridgehead atoms. The normalized spacial score (nSPS) is 15.5. The van der Waals surface area contributed by atoms with E-state index in [1.165, 1.54) is 12.1 Å². The third-order valence-corrected chi connectivity index (χ3v) is 6.12. The van der Waals surface area contributed by atoms with Gasteiger partial charge in [-0.05, 0) is 79.9 Å². The minimum atomic E-state index is -0.276. The lowest BCUT2D eigenvalue weighted by atomic mass is 9.94. The smallest absolute Gasteiger partial charge is 0.259 e. The van der Waals surface area contributed by atoms with E-state index in [0.717, 1.165) is 52.0 Å². The molecule has 1 unspecified atom stereocenters. The highest BCUT2D eigenvalue weighted by Gasteiger charge is 2.30. The third kappa shape index (κ3) is 3.50. The molecule has 3 aromatic carbocycles. The number of methoxy groups -OCH3 is 1. The van der Waals surface area contributed by atoms with E-state index in [-0.39, 0.29) is 17.8 Å². The summed E-state index contributed by atoms with van der Waals surface area (Å²) in [6.45, 7) is 2.04. The number of rotatable bonds is 3. The lowest BCUT2D eigenvalue weighted by Gasteiger charge is -2.35. The van der Waals surface area contributed by atoms with Crippen LogP contribution in [0.25, 0.3) is 22.2 Å². The van der Waals surface area contributed by atoms with Gasteiger partial charge in [0.1, 0.15) is 11.6 Å². The Kier molecular flexibility index (Phi) is 5.10. The van der Waals surface area contributed by atoms with Gasteiger partial charge in [0, 0.05) is 22.7 Å². The molecule has 1 aromatic heterocycles. The molecule has 0 N–H and O–H groups in total. The zero-order chi connectivity index (χ0) is 22.2. The molecular formula is C27H23FN2O2. The van der Waals surface area contributed by atoms with Crippen molar-refractivity contribution >= 4 is 22.5 Å². The molecule has 0 spiro atoms. The van der Waals surface area contributed by atoms with E-state index in [0.29, 0.717) is 5.56 Å². The molecule has 4 nitrogen and oxygen atoms in total. The van der Waals surface area contributed by atoms with Crippen LogP contribution in [0.4, 0.5) is 10.1 Å². The number of ether oxygens (including phenoxy) is 1.